The van der Waals surface area contributed by atoms with Crippen LogP contribution in [0.2, 0.25) is 0 Å². The first-order chi connectivity index (χ1) is 17.9. The number of anilines is 1. The Labute approximate surface area is 213 Å². The number of carbonyl (C=O) groups excluding carboxylic acids is 2. The first-order valence-corrected chi connectivity index (χ1v) is 11.8. The van der Waals surface area contributed by atoms with Crippen LogP contribution in [-0.4, -0.2) is 68.6 Å². The van der Waals surface area contributed by atoms with Crippen LogP contribution < -0.4 is 19.7 Å². The lowest BCUT2D eigenvalue weighted by molar-refractivity contribution is 0.0745. The molecule has 1 N–H and O–H groups in total. The number of carbonyl (C=O) groups is 2. The lowest BCUT2D eigenvalue weighted by Crippen LogP contribution is -2.49. The van der Waals surface area contributed by atoms with Crippen LogP contribution in [0.5, 0.6) is 11.5 Å². The molecule has 0 atom stereocenters. The minimum absolute atomic E-state index is 0.0970. The van der Waals surface area contributed by atoms with Gasteiger partial charge in [0.1, 0.15) is 5.82 Å². The number of piperazine rings is 1. The number of benzene rings is 2. The number of rotatable bonds is 8. The van der Waals surface area contributed by atoms with Crippen LogP contribution in [0, 0.1) is 11.6 Å². The standard InChI is InChI=1S/C27H28F2N4O4/c1-36-23-8-5-18(16-24(23)37-2)9-11-31-26(34)20-4-3-10-30-25(20)32-12-14-33(15-13-32)27(35)19-6-7-21(28)22(29)17-19/h3-8,10,16-17H,9,11-15H2,1-2H3,(H,31,34). The minimum Gasteiger partial charge on any atom is -0.493 e. The van der Waals surface area contributed by atoms with Gasteiger partial charge in [-0.15, -0.1) is 0 Å². The number of nitrogens with one attached hydrogen (secondary N) is 1. The van der Waals surface area contributed by atoms with Crippen molar-refractivity contribution in [3.8, 4) is 11.5 Å². The molecule has 4 rings (SSSR count). The Morgan fingerprint density at radius 1 is 0.946 bits per heavy atom. The lowest BCUT2D eigenvalue weighted by Gasteiger charge is -2.36. The summed E-state index contributed by atoms with van der Waals surface area (Å²) in [4.78, 5) is 33.6. The molecule has 1 saturated heterocycles. The van der Waals surface area contributed by atoms with E-state index in [2.05, 4.69) is 10.3 Å². The molecule has 1 aliphatic heterocycles. The Balaban J connectivity index is 1.35. The second-order valence-electron chi connectivity index (χ2n) is 8.48. The van der Waals surface area contributed by atoms with Gasteiger partial charge in [0.2, 0.25) is 0 Å². The SMILES string of the molecule is COc1ccc(CCNC(=O)c2cccnc2N2CCN(C(=O)c3ccc(F)c(F)c3)CC2)cc1OC. The summed E-state index contributed by atoms with van der Waals surface area (Å²) in [5.74, 6) is -0.863. The molecule has 37 heavy (non-hydrogen) atoms. The van der Waals surface area contributed by atoms with Crippen LogP contribution >= 0.6 is 0 Å². The maximum atomic E-state index is 13.5. The lowest BCUT2D eigenvalue weighted by atomic mass is 10.1. The third-order valence-corrected chi connectivity index (χ3v) is 6.21. The Kier molecular flexibility index (Phi) is 8.17. The fourth-order valence-corrected chi connectivity index (χ4v) is 4.21. The Morgan fingerprint density at radius 2 is 1.70 bits per heavy atom. The van der Waals surface area contributed by atoms with Gasteiger partial charge in [-0.05, 0) is 54.4 Å². The molecule has 0 saturated carbocycles. The first-order valence-electron chi connectivity index (χ1n) is 11.8. The molecule has 0 radical (unpaired) electrons. The molecule has 0 bridgehead atoms. The van der Waals surface area contributed by atoms with Crippen molar-refractivity contribution in [2.45, 2.75) is 6.42 Å². The molecule has 8 nitrogen and oxygen atoms in total. The zero-order chi connectivity index (χ0) is 26.4. The molecule has 3 aromatic rings. The summed E-state index contributed by atoms with van der Waals surface area (Å²) in [7, 11) is 3.15. The van der Waals surface area contributed by atoms with E-state index >= 15 is 0 Å². The molecule has 0 unspecified atom stereocenters. The quantitative estimate of drug-likeness (QED) is 0.501. The third-order valence-electron chi connectivity index (χ3n) is 6.21. The molecule has 194 valence electrons. The Morgan fingerprint density at radius 3 is 2.41 bits per heavy atom. The number of pyridine rings is 1. The van der Waals surface area contributed by atoms with Crippen LogP contribution in [0.25, 0.3) is 0 Å². The largest absolute Gasteiger partial charge is 0.493 e. The highest BCUT2D eigenvalue weighted by molar-refractivity contribution is 5.99. The number of ether oxygens (including phenoxy) is 2. The zero-order valence-corrected chi connectivity index (χ0v) is 20.7. The third kappa shape index (κ3) is 5.96. The van der Waals surface area contributed by atoms with Gasteiger partial charge in [0, 0.05) is 44.5 Å². The normalized spacial score (nSPS) is 13.3. The summed E-state index contributed by atoms with van der Waals surface area (Å²) in [5, 5.41) is 2.94. The summed E-state index contributed by atoms with van der Waals surface area (Å²) in [6.45, 7) is 2.01. The van der Waals surface area contributed by atoms with E-state index in [4.69, 9.17) is 9.47 Å². The van der Waals surface area contributed by atoms with Crippen LogP contribution in [0.15, 0.2) is 54.7 Å². The molecule has 0 spiro atoms. The van der Waals surface area contributed by atoms with Gasteiger partial charge < -0.3 is 24.6 Å². The maximum absolute atomic E-state index is 13.5. The van der Waals surface area contributed by atoms with E-state index in [9.17, 15) is 18.4 Å². The van der Waals surface area contributed by atoms with E-state index in [1.54, 1.807) is 37.4 Å². The van der Waals surface area contributed by atoms with Crippen molar-refractivity contribution in [3.05, 3.63) is 83.1 Å². The fourth-order valence-electron chi connectivity index (χ4n) is 4.21. The zero-order valence-electron chi connectivity index (χ0n) is 20.7. The highest BCUT2D eigenvalue weighted by atomic mass is 19.2. The van der Waals surface area contributed by atoms with Gasteiger partial charge in [0.25, 0.3) is 11.8 Å². The molecule has 0 aliphatic carbocycles. The number of methoxy groups -OCH3 is 2. The summed E-state index contributed by atoms with van der Waals surface area (Å²) >= 11 is 0. The highest BCUT2D eigenvalue weighted by Gasteiger charge is 2.26. The summed E-state index contributed by atoms with van der Waals surface area (Å²) in [5.41, 5.74) is 1.53. The van der Waals surface area contributed by atoms with Gasteiger partial charge in [0.15, 0.2) is 23.1 Å². The molecular formula is C27H28F2N4O4. The Bertz CT molecular complexity index is 1280. The van der Waals surface area contributed by atoms with Crippen molar-refractivity contribution in [1.82, 2.24) is 15.2 Å². The van der Waals surface area contributed by atoms with E-state index < -0.39 is 11.6 Å². The molecule has 2 heterocycles. The van der Waals surface area contributed by atoms with E-state index in [-0.39, 0.29) is 17.4 Å². The van der Waals surface area contributed by atoms with Crippen molar-refractivity contribution < 1.29 is 27.8 Å². The summed E-state index contributed by atoms with van der Waals surface area (Å²) in [6.07, 6.45) is 2.22. The van der Waals surface area contributed by atoms with Crippen LogP contribution in [-0.2, 0) is 6.42 Å². The maximum Gasteiger partial charge on any atom is 0.255 e. The van der Waals surface area contributed by atoms with Crippen molar-refractivity contribution in [1.29, 1.82) is 0 Å². The average molecular weight is 511 g/mol. The minimum atomic E-state index is -1.06. The molecular weight excluding hydrogens is 482 g/mol. The van der Waals surface area contributed by atoms with E-state index in [0.717, 1.165) is 17.7 Å². The predicted octanol–water partition coefficient (Wildman–Crippen LogP) is 3.31. The molecule has 1 fully saturated rings. The smallest absolute Gasteiger partial charge is 0.255 e. The van der Waals surface area contributed by atoms with Gasteiger partial charge in [0.05, 0.1) is 19.8 Å². The van der Waals surface area contributed by atoms with Gasteiger partial charge >= 0.3 is 0 Å². The van der Waals surface area contributed by atoms with Crippen LogP contribution in [0.3, 0.4) is 0 Å². The number of halogens is 2. The van der Waals surface area contributed by atoms with Crippen molar-refractivity contribution >= 4 is 17.6 Å². The van der Waals surface area contributed by atoms with Gasteiger partial charge in [-0.25, -0.2) is 13.8 Å². The molecule has 2 amide bonds. The topological polar surface area (TPSA) is 84.0 Å². The van der Waals surface area contributed by atoms with Crippen molar-refractivity contribution in [2.75, 3.05) is 51.8 Å². The molecule has 10 heteroatoms. The van der Waals surface area contributed by atoms with Gasteiger partial charge in [-0.2, -0.15) is 0 Å². The van der Waals surface area contributed by atoms with Crippen LogP contribution in [0.1, 0.15) is 26.3 Å². The number of hydrogen-bond acceptors (Lipinski definition) is 6. The van der Waals surface area contributed by atoms with Gasteiger partial charge in [-0.1, -0.05) is 6.07 Å². The number of amides is 2. The first kappa shape index (κ1) is 25.9. The van der Waals surface area contributed by atoms with Crippen molar-refractivity contribution in [3.63, 3.8) is 0 Å². The van der Waals surface area contributed by atoms with Gasteiger partial charge in [-0.3, -0.25) is 9.59 Å². The van der Waals surface area contributed by atoms with Crippen LogP contribution in [0.4, 0.5) is 14.6 Å². The second kappa shape index (κ2) is 11.7. The molecule has 1 aromatic heterocycles. The van der Waals surface area contributed by atoms with E-state index in [1.165, 1.54) is 6.07 Å². The Hall–Kier alpha value is -4.21. The summed E-state index contributed by atoms with van der Waals surface area (Å²) < 4.78 is 37.4. The summed E-state index contributed by atoms with van der Waals surface area (Å²) in [6, 6.07) is 12.2. The molecule has 1 aliphatic rings. The predicted molar refractivity (Wildman–Crippen MR) is 134 cm³/mol. The van der Waals surface area contributed by atoms with E-state index in [1.807, 2.05) is 23.1 Å². The highest BCUT2D eigenvalue weighted by Crippen LogP contribution is 2.27. The van der Waals surface area contributed by atoms with E-state index in [0.29, 0.717) is 62.0 Å². The monoisotopic (exact) mass is 510 g/mol. The fraction of sp³-hybridized carbons (Fsp3) is 0.296. The number of hydrogen-bond donors (Lipinski definition) is 1. The number of nitrogens with zero attached hydrogens (tertiary/aromatic N) is 3. The average Bonchev–Trinajstić information content (AvgIpc) is 2.94. The number of aromatic nitrogens is 1. The van der Waals surface area contributed by atoms with Crippen molar-refractivity contribution in [2.24, 2.45) is 0 Å². The molecule has 2 aromatic carbocycles. The second-order valence-corrected chi connectivity index (χ2v) is 8.48.